The van der Waals surface area contributed by atoms with Gasteiger partial charge in [0.05, 0.1) is 11.4 Å². The summed E-state index contributed by atoms with van der Waals surface area (Å²) in [7, 11) is 0. The lowest BCUT2D eigenvalue weighted by Crippen LogP contribution is -2.16. The summed E-state index contributed by atoms with van der Waals surface area (Å²) in [4.78, 5) is 20.6. The molecule has 3 rings (SSSR count). The first-order chi connectivity index (χ1) is 9.24. The van der Waals surface area contributed by atoms with E-state index in [1.807, 2.05) is 12.1 Å². The average Bonchev–Trinajstić information content (AvgIpc) is 2.87. The Morgan fingerprint density at radius 3 is 3.00 bits per heavy atom. The van der Waals surface area contributed by atoms with Crippen LogP contribution in [0.4, 0.5) is 0 Å². The Morgan fingerprint density at radius 2 is 2.16 bits per heavy atom. The number of fused-ring (bicyclic) bond motifs is 1. The lowest BCUT2D eigenvalue weighted by molar-refractivity contribution is 0.893. The number of hydrogen-bond acceptors (Lipinski definition) is 3. The van der Waals surface area contributed by atoms with Gasteiger partial charge in [0.2, 0.25) is 0 Å². The molecule has 3 nitrogen and oxygen atoms in total. The van der Waals surface area contributed by atoms with E-state index in [1.54, 1.807) is 11.8 Å². The van der Waals surface area contributed by atoms with Gasteiger partial charge in [-0.25, -0.2) is 4.98 Å². The highest BCUT2D eigenvalue weighted by molar-refractivity contribution is 7.98. The quantitative estimate of drug-likeness (QED) is 0.874. The molecule has 1 heterocycles. The molecule has 2 aromatic rings. The van der Waals surface area contributed by atoms with Crippen LogP contribution in [0.15, 0.2) is 34.0 Å². The zero-order chi connectivity index (χ0) is 13.2. The van der Waals surface area contributed by atoms with Crippen LogP contribution in [0.2, 0.25) is 0 Å². The minimum Gasteiger partial charge on any atom is -0.310 e. The van der Waals surface area contributed by atoms with Crippen LogP contribution in [0.3, 0.4) is 0 Å². The highest BCUT2D eigenvalue weighted by atomic mass is 32.2. The fraction of sp³-hybridized carbons (Fsp3) is 0.333. The molecule has 0 saturated heterocycles. The lowest BCUT2D eigenvalue weighted by Gasteiger charge is -2.06. The van der Waals surface area contributed by atoms with Crippen molar-refractivity contribution in [2.45, 2.75) is 36.8 Å². The summed E-state index contributed by atoms with van der Waals surface area (Å²) in [5, 5.41) is 0. The largest absolute Gasteiger partial charge is 0.310 e. The van der Waals surface area contributed by atoms with Crippen LogP contribution in [-0.4, -0.2) is 9.97 Å². The predicted octanol–water partition coefficient (Wildman–Crippen LogP) is 2.86. The molecule has 0 atom stereocenters. The van der Waals surface area contributed by atoms with E-state index in [1.165, 1.54) is 10.5 Å². The number of hydrogen-bond donors (Lipinski definition) is 1. The molecule has 19 heavy (non-hydrogen) atoms. The van der Waals surface area contributed by atoms with Gasteiger partial charge in [0.1, 0.15) is 5.82 Å². The molecule has 0 unspecified atom stereocenters. The second-order valence-corrected chi connectivity index (χ2v) is 5.86. The first-order valence-electron chi connectivity index (χ1n) is 6.53. The number of aryl methyl sites for hydroxylation is 2. The molecule has 0 bridgehead atoms. The molecule has 1 aliphatic rings. The smallest absolute Gasteiger partial charge is 0.254 e. The number of nitrogens with zero attached hydrogens (tertiary/aromatic N) is 1. The molecule has 4 heteroatoms. The van der Waals surface area contributed by atoms with Gasteiger partial charge in [-0.05, 0) is 37.8 Å². The fourth-order valence-corrected chi connectivity index (χ4v) is 3.33. The minimum absolute atomic E-state index is 0.0582. The molecule has 0 amide bonds. The highest BCUT2D eigenvalue weighted by Crippen LogP contribution is 2.25. The standard InChI is InChI=1S/C15H16N2OS/c1-10-5-2-3-8-13(10)19-9-14-16-12-7-4-6-11(12)15(18)17-14/h2-3,5,8H,4,6-7,9H2,1H3,(H,16,17,18). The van der Waals surface area contributed by atoms with Crippen molar-refractivity contribution in [1.82, 2.24) is 9.97 Å². The third kappa shape index (κ3) is 2.59. The van der Waals surface area contributed by atoms with Crippen LogP contribution in [0.1, 0.15) is 29.1 Å². The fourth-order valence-electron chi connectivity index (χ4n) is 2.43. The maximum atomic E-state index is 11.9. The van der Waals surface area contributed by atoms with E-state index in [0.717, 1.165) is 36.3 Å². The number of nitrogens with one attached hydrogen (secondary N) is 1. The number of H-pyrrole nitrogens is 1. The Balaban J connectivity index is 1.80. The molecular formula is C15H16N2OS. The summed E-state index contributed by atoms with van der Waals surface area (Å²) in [6.07, 6.45) is 2.88. The second kappa shape index (κ2) is 5.21. The van der Waals surface area contributed by atoms with E-state index in [0.29, 0.717) is 5.75 Å². The molecule has 1 aromatic heterocycles. The Kier molecular flexibility index (Phi) is 3.42. The van der Waals surface area contributed by atoms with E-state index in [-0.39, 0.29) is 5.56 Å². The number of aromatic amines is 1. The molecule has 1 aromatic carbocycles. The number of benzene rings is 1. The minimum atomic E-state index is 0.0582. The molecule has 0 saturated carbocycles. The third-order valence-electron chi connectivity index (χ3n) is 3.45. The van der Waals surface area contributed by atoms with Crippen molar-refractivity contribution in [1.29, 1.82) is 0 Å². The Morgan fingerprint density at radius 1 is 1.32 bits per heavy atom. The maximum Gasteiger partial charge on any atom is 0.254 e. The van der Waals surface area contributed by atoms with E-state index in [2.05, 4.69) is 29.0 Å². The van der Waals surface area contributed by atoms with Crippen molar-refractivity contribution < 1.29 is 0 Å². The van der Waals surface area contributed by atoms with Crippen LogP contribution in [0, 0.1) is 6.92 Å². The second-order valence-electron chi connectivity index (χ2n) is 4.85. The molecule has 0 spiro atoms. The van der Waals surface area contributed by atoms with E-state index in [4.69, 9.17) is 0 Å². The average molecular weight is 272 g/mol. The van der Waals surface area contributed by atoms with Gasteiger partial charge in [0.25, 0.3) is 5.56 Å². The third-order valence-corrected chi connectivity index (χ3v) is 4.64. The van der Waals surface area contributed by atoms with Gasteiger partial charge in [-0.1, -0.05) is 18.2 Å². The van der Waals surface area contributed by atoms with Gasteiger partial charge in [-0.2, -0.15) is 0 Å². The Hall–Kier alpha value is -1.55. The van der Waals surface area contributed by atoms with Gasteiger partial charge < -0.3 is 4.98 Å². The van der Waals surface area contributed by atoms with Crippen LogP contribution < -0.4 is 5.56 Å². The molecule has 0 radical (unpaired) electrons. The van der Waals surface area contributed by atoms with E-state index < -0.39 is 0 Å². The summed E-state index contributed by atoms with van der Waals surface area (Å²) in [5.41, 5.74) is 3.22. The van der Waals surface area contributed by atoms with Gasteiger partial charge in [0, 0.05) is 10.5 Å². The van der Waals surface area contributed by atoms with Crippen LogP contribution >= 0.6 is 11.8 Å². The predicted molar refractivity (Wildman–Crippen MR) is 77.6 cm³/mol. The van der Waals surface area contributed by atoms with Crippen molar-refractivity contribution in [3.63, 3.8) is 0 Å². The zero-order valence-electron chi connectivity index (χ0n) is 10.9. The number of thioether (sulfide) groups is 1. The zero-order valence-corrected chi connectivity index (χ0v) is 11.7. The molecule has 0 fully saturated rings. The SMILES string of the molecule is Cc1ccccc1SCc1nc2c(c(=O)[nH]1)CCC2. The van der Waals surface area contributed by atoms with Crippen LogP contribution in [0.25, 0.3) is 0 Å². The molecule has 1 aliphatic carbocycles. The van der Waals surface area contributed by atoms with Crippen LogP contribution in [0.5, 0.6) is 0 Å². The van der Waals surface area contributed by atoms with Gasteiger partial charge in [-0.3, -0.25) is 4.79 Å². The van der Waals surface area contributed by atoms with Gasteiger partial charge >= 0.3 is 0 Å². The molecule has 98 valence electrons. The van der Waals surface area contributed by atoms with Gasteiger partial charge in [0.15, 0.2) is 0 Å². The number of rotatable bonds is 3. The van der Waals surface area contributed by atoms with Crippen molar-refractivity contribution in [2.75, 3.05) is 0 Å². The Bertz CT molecular complexity index is 663. The van der Waals surface area contributed by atoms with Crippen molar-refractivity contribution in [3.05, 3.63) is 57.3 Å². The number of aromatic nitrogens is 2. The van der Waals surface area contributed by atoms with Crippen molar-refractivity contribution >= 4 is 11.8 Å². The van der Waals surface area contributed by atoms with Crippen molar-refractivity contribution in [2.24, 2.45) is 0 Å². The summed E-state index contributed by atoms with van der Waals surface area (Å²) >= 11 is 1.72. The van der Waals surface area contributed by atoms with Crippen LogP contribution in [-0.2, 0) is 18.6 Å². The van der Waals surface area contributed by atoms with E-state index >= 15 is 0 Å². The summed E-state index contributed by atoms with van der Waals surface area (Å²) in [6.45, 7) is 2.10. The molecule has 0 aliphatic heterocycles. The lowest BCUT2D eigenvalue weighted by atomic mass is 10.2. The first-order valence-corrected chi connectivity index (χ1v) is 7.52. The maximum absolute atomic E-state index is 11.9. The van der Waals surface area contributed by atoms with E-state index in [9.17, 15) is 4.79 Å². The highest BCUT2D eigenvalue weighted by Gasteiger charge is 2.16. The topological polar surface area (TPSA) is 45.8 Å². The molecule has 1 N–H and O–H groups in total. The first kappa shape index (κ1) is 12.5. The monoisotopic (exact) mass is 272 g/mol. The molecular weight excluding hydrogens is 256 g/mol. The summed E-state index contributed by atoms with van der Waals surface area (Å²) in [5.74, 6) is 1.51. The normalized spacial score (nSPS) is 13.5. The van der Waals surface area contributed by atoms with Gasteiger partial charge in [-0.15, -0.1) is 11.8 Å². The summed E-state index contributed by atoms with van der Waals surface area (Å²) in [6, 6.07) is 8.27. The van der Waals surface area contributed by atoms with Crippen molar-refractivity contribution in [3.8, 4) is 0 Å². The Labute approximate surface area is 116 Å². The summed E-state index contributed by atoms with van der Waals surface area (Å²) < 4.78 is 0.